The van der Waals surface area contributed by atoms with Crippen molar-refractivity contribution in [2.75, 3.05) is 12.4 Å². The third-order valence-electron chi connectivity index (χ3n) is 2.44. The zero-order chi connectivity index (χ0) is 13.8. The van der Waals surface area contributed by atoms with Crippen molar-refractivity contribution in [1.82, 2.24) is 4.98 Å². The molecule has 0 amide bonds. The molecule has 0 aliphatic heterocycles. The minimum Gasteiger partial charge on any atom is -0.497 e. The van der Waals surface area contributed by atoms with Gasteiger partial charge in [0, 0.05) is 12.3 Å². The van der Waals surface area contributed by atoms with Gasteiger partial charge in [0.15, 0.2) is 5.82 Å². The number of benzene rings is 1. The van der Waals surface area contributed by atoms with Crippen molar-refractivity contribution in [3.05, 3.63) is 46.1 Å². The zero-order valence-electron chi connectivity index (χ0n) is 9.95. The molecular weight excluding hydrogens is 285 g/mol. The number of pyridine rings is 1. The predicted molar refractivity (Wildman–Crippen MR) is 75.2 cm³/mol. The fourth-order valence-corrected chi connectivity index (χ4v) is 1.84. The summed E-state index contributed by atoms with van der Waals surface area (Å²) in [4.78, 5) is 4.09. The molecule has 0 saturated heterocycles. The van der Waals surface area contributed by atoms with Gasteiger partial charge in [-0.25, -0.2) is 4.98 Å². The molecule has 1 aromatic heterocycles. The number of methoxy groups -OCH3 is 1. The van der Waals surface area contributed by atoms with Crippen molar-refractivity contribution >= 4 is 34.7 Å². The van der Waals surface area contributed by atoms with E-state index in [9.17, 15) is 0 Å². The first-order valence-electron chi connectivity index (χ1n) is 5.31. The van der Waals surface area contributed by atoms with Crippen LogP contribution in [0.5, 0.6) is 5.75 Å². The Bertz CT molecular complexity index is 653. The lowest BCUT2D eigenvalue weighted by atomic mass is 10.2. The summed E-state index contributed by atoms with van der Waals surface area (Å²) in [6, 6.07) is 8.70. The number of hydrogen-bond acceptors (Lipinski definition) is 4. The fourth-order valence-electron chi connectivity index (χ4n) is 1.47. The van der Waals surface area contributed by atoms with Crippen LogP contribution in [0.4, 0.5) is 11.5 Å². The van der Waals surface area contributed by atoms with Gasteiger partial charge < -0.3 is 10.1 Å². The standard InChI is InChI=1S/C13H9Cl2N3O/c1-19-9-2-3-10(14)11(6-9)18-13-12(15)8(7-16)4-5-17-13/h2-6H,1H3,(H,17,18). The molecule has 1 aromatic carbocycles. The molecule has 1 N–H and O–H groups in total. The lowest BCUT2D eigenvalue weighted by Gasteiger charge is -2.11. The van der Waals surface area contributed by atoms with E-state index in [1.807, 2.05) is 6.07 Å². The normalized spacial score (nSPS) is 9.79. The average molecular weight is 294 g/mol. The Morgan fingerprint density at radius 2 is 2.11 bits per heavy atom. The highest BCUT2D eigenvalue weighted by Crippen LogP contribution is 2.32. The number of rotatable bonds is 3. The van der Waals surface area contributed by atoms with E-state index in [4.69, 9.17) is 33.2 Å². The quantitative estimate of drug-likeness (QED) is 0.929. The van der Waals surface area contributed by atoms with E-state index in [0.29, 0.717) is 27.8 Å². The van der Waals surface area contributed by atoms with Gasteiger partial charge in [-0.15, -0.1) is 0 Å². The van der Waals surface area contributed by atoms with Crippen molar-refractivity contribution in [3.8, 4) is 11.8 Å². The van der Waals surface area contributed by atoms with Crippen LogP contribution in [-0.4, -0.2) is 12.1 Å². The predicted octanol–water partition coefficient (Wildman–Crippen LogP) is 4.01. The summed E-state index contributed by atoms with van der Waals surface area (Å²) < 4.78 is 5.12. The molecule has 0 fully saturated rings. The van der Waals surface area contributed by atoms with Crippen LogP contribution < -0.4 is 10.1 Å². The fraction of sp³-hybridized carbons (Fsp3) is 0.0769. The van der Waals surface area contributed by atoms with Crippen LogP contribution >= 0.6 is 23.2 Å². The summed E-state index contributed by atoms with van der Waals surface area (Å²) in [5, 5.41) is 12.6. The third-order valence-corrected chi connectivity index (χ3v) is 3.15. The molecule has 0 saturated carbocycles. The number of anilines is 2. The molecule has 0 bridgehead atoms. The minimum absolute atomic E-state index is 0.254. The number of nitriles is 1. The van der Waals surface area contributed by atoms with Crippen molar-refractivity contribution in [2.24, 2.45) is 0 Å². The van der Waals surface area contributed by atoms with Gasteiger partial charge >= 0.3 is 0 Å². The zero-order valence-corrected chi connectivity index (χ0v) is 11.5. The monoisotopic (exact) mass is 293 g/mol. The van der Waals surface area contributed by atoms with Gasteiger partial charge in [0.25, 0.3) is 0 Å². The van der Waals surface area contributed by atoms with Crippen LogP contribution in [0.25, 0.3) is 0 Å². The van der Waals surface area contributed by atoms with E-state index < -0.39 is 0 Å². The van der Waals surface area contributed by atoms with Crippen LogP contribution in [0, 0.1) is 11.3 Å². The Morgan fingerprint density at radius 3 is 2.79 bits per heavy atom. The SMILES string of the molecule is COc1ccc(Cl)c(Nc2nccc(C#N)c2Cl)c1. The van der Waals surface area contributed by atoms with Crippen LogP contribution in [0.2, 0.25) is 10.0 Å². The summed E-state index contributed by atoms with van der Waals surface area (Å²) in [5.41, 5.74) is 0.948. The molecule has 19 heavy (non-hydrogen) atoms. The highest BCUT2D eigenvalue weighted by molar-refractivity contribution is 6.35. The molecule has 4 nitrogen and oxygen atoms in total. The highest BCUT2D eigenvalue weighted by Gasteiger charge is 2.09. The molecule has 2 rings (SSSR count). The molecule has 0 spiro atoms. The molecular formula is C13H9Cl2N3O. The van der Waals surface area contributed by atoms with Crippen molar-refractivity contribution in [1.29, 1.82) is 5.26 Å². The summed E-state index contributed by atoms with van der Waals surface area (Å²) in [5.74, 6) is 1.02. The van der Waals surface area contributed by atoms with E-state index in [-0.39, 0.29) is 5.02 Å². The molecule has 1 heterocycles. The Kier molecular flexibility index (Phi) is 4.10. The van der Waals surface area contributed by atoms with E-state index in [2.05, 4.69) is 10.3 Å². The van der Waals surface area contributed by atoms with Crippen LogP contribution in [0.1, 0.15) is 5.56 Å². The topological polar surface area (TPSA) is 57.9 Å². The molecule has 0 aliphatic carbocycles. The van der Waals surface area contributed by atoms with Crippen LogP contribution in [-0.2, 0) is 0 Å². The van der Waals surface area contributed by atoms with Crippen LogP contribution in [0.3, 0.4) is 0 Å². The Morgan fingerprint density at radius 1 is 1.32 bits per heavy atom. The summed E-state index contributed by atoms with van der Waals surface area (Å²) in [7, 11) is 1.56. The molecule has 6 heteroatoms. The van der Waals surface area contributed by atoms with Crippen molar-refractivity contribution in [2.45, 2.75) is 0 Å². The molecule has 0 atom stereocenters. The molecule has 0 aliphatic rings. The Hall–Kier alpha value is -1.96. The second kappa shape index (κ2) is 5.79. The van der Waals surface area contributed by atoms with Gasteiger partial charge in [-0.2, -0.15) is 5.26 Å². The number of nitrogens with zero attached hydrogens (tertiary/aromatic N) is 2. The van der Waals surface area contributed by atoms with Crippen LogP contribution in [0.15, 0.2) is 30.5 Å². The molecule has 2 aromatic rings. The number of nitrogens with one attached hydrogen (secondary N) is 1. The second-order valence-corrected chi connectivity index (χ2v) is 4.39. The Labute approximate surface area is 120 Å². The second-order valence-electron chi connectivity index (χ2n) is 3.60. The van der Waals surface area contributed by atoms with Crippen molar-refractivity contribution < 1.29 is 4.74 Å². The van der Waals surface area contributed by atoms with Gasteiger partial charge in [-0.05, 0) is 18.2 Å². The highest BCUT2D eigenvalue weighted by atomic mass is 35.5. The lowest BCUT2D eigenvalue weighted by Crippen LogP contribution is -1.97. The first-order chi connectivity index (χ1) is 9.15. The van der Waals surface area contributed by atoms with Gasteiger partial charge in [0.2, 0.25) is 0 Å². The first-order valence-corrected chi connectivity index (χ1v) is 6.06. The summed E-state index contributed by atoms with van der Waals surface area (Å²) in [6.45, 7) is 0. The minimum atomic E-state index is 0.254. The smallest absolute Gasteiger partial charge is 0.150 e. The number of ether oxygens (including phenoxy) is 1. The third kappa shape index (κ3) is 2.90. The molecule has 0 unspecified atom stereocenters. The summed E-state index contributed by atoms with van der Waals surface area (Å²) in [6.07, 6.45) is 1.50. The molecule has 0 radical (unpaired) electrons. The summed E-state index contributed by atoms with van der Waals surface area (Å²) >= 11 is 12.1. The van der Waals surface area contributed by atoms with E-state index in [1.165, 1.54) is 6.20 Å². The van der Waals surface area contributed by atoms with E-state index in [0.717, 1.165) is 0 Å². The Balaban J connectivity index is 2.39. The maximum atomic E-state index is 8.91. The van der Waals surface area contributed by atoms with E-state index in [1.54, 1.807) is 31.4 Å². The van der Waals surface area contributed by atoms with Crippen molar-refractivity contribution in [3.63, 3.8) is 0 Å². The largest absolute Gasteiger partial charge is 0.497 e. The van der Waals surface area contributed by atoms with Gasteiger partial charge in [-0.1, -0.05) is 23.2 Å². The molecule has 96 valence electrons. The lowest BCUT2D eigenvalue weighted by molar-refractivity contribution is 0.415. The maximum absolute atomic E-state index is 8.91. The average Bonchev–Trinajstić information content (AvgIpc) is 2.43. The number of aromatic nitrogens is 1. The van der Waals surface area contributed by atoms with Gasteiger partial charge in [0.1, 0.15) is 16.8 Å². The maximum Gasteiger partial charge on any atom is 0.150 e. The number of halogens is 2. The number of hydrogen-bond donors (Lipinski definition) is 1. The van der Waals surface area contributed by atoms with Gasteiger partial charge in [0.05, 0.1) is 23.4 Å². The van der Waals surface area contributed by atoms with E-state index >= 15 is 0 Å². The first kappa shape index (κ1) is 13.5. The van der Waals surface area contributed by atoms with Gasteiger partial charge in [-0.3, -0.25) is 0 Å².